The molecule has 194 valence electrons. The number of carbonyl (C=O) groups is 2. The third kappa shape index (κ3) is 4.99. The molecule has 1 fully saturated rings. The van der Waals surface area contributed by atoms with Crippen LogP contribution in [0.2, 0.25) is 5.02 Å². The highest BCUT2D eigenvalue weighted by atomic mass is 35.5. The second kappa shape index (κ2) is 9.08. The van der Waals surface area contributed by atoms with Crippen molar-refractivity contribution in [1.29, 1.82) is 0 Å². The molecular weight excluding hydrogens is 483 g/mol. The third-order valence-electron chi connectivity index (χ3n) is 6.44. The minimum atomic E-state index is -2.80. The van der Waals surface area contributed by atoms with Gasteiger partial charge in [0.15, 0.2) is 5.82 Å². The van der Waals surface area contributed by atoms with Gasteiger partial charge >= 0.3 is 13.2 Å². The first-order valence-corrected chi connectivity index (χ1v) is 12.0. The molecular formula is C25H34BClN4O5. The van der Waals surface area contributed by atoms with Gasteiger partial charge in [-0.25, -0.2) is 9.78 Å². The predicted octanol–water partition coefficient (Wildman–Crippen LogP) is 3.92. The highest BCUT2D eigenvalue weighted by molar-refractivity contribution is 6.66. The fraction of sp³-hybridized carbons (Fsp3) is 0.560. The van der Waals surface area contributed by atoms with Crippen LogP contribution in [0.1, 0.15) is 78.7 Å². The van der Waals surface area contributed by atoms with Crippen LogP contribution in [0.5, 0.6) is 0 Å². The number of imidazole rings is 1. The molecule has 0 bridgehead atoms. The average Bonchev–Trinajstić information content (AvgIpc) is 3.32. The summed E-state index contributed by atoms with van der Waals surface area (Å²) >= 11 is 6.63. The maximum Gasteiger partial charge on any atom is 0.496 e. The molecule has 4 rings (SSSR count). The monoisotopic (exact) mass is 522 g/mol. The van der Waals surface area contributed by atoms with Gasteiger partial charge in [-0.1, -0.05) is 23.7 Å². The molecule has 2 aliphatic rings. The standard InChI is InChI=1S/C25H34BClN4O5/c1-23(2,3)34-22(33)31-13-12-18-17(14-31)28-20(30(18)8)21(32)29-16-11-9-10-15(19(16)27)26-35-24(4,5)25(6,7)36-26/h9-11H,12-14H2,1-8H3,(H,29,32)/i8D3,9D,10D,11D. The lowest BCUT2D eigenvalue weighted by Gasteiger charge is -2.32. The van der Waals surface area contributed by atoms with Crippen LogP contribution in [-0.4, -0.2) is 56.9 Å². The van der Waals surface area contributed by atoms with Gasteiger partial charge in [0.1, 0.15) is 5.60 Å². The second-order valence-electron chi connectivity index (χ2n) is 10.8. The number of aromatic nitrogens is 2. The van der Waals surface area contributed by atoms with Crippen molar-refractivity contribution in [3.8, 4) is 0 Å². The Morgan fingerprint density at radius 1 is 1.25 bits per heavy atom. The summed E-state index contributed by atoms with van der Waals surface area (Å²) in [6, 6.07) is -1.49. The van der Waals surface area contributed by atoms with Crippen molar-refractivity contribution in [2.45, 2.75) is 78.2 Å². The number of carbonyl (C=O) groups excluding carboxylic acids is 2. The number of ether oxygens (including phenoxy) is 1. The lowest BCUT2D eigenvalue weighted by molar-refractivity contribution is 0.00578. The quantitative estimate of drug-likeness (QED) is 0.614. The number of fused-ring (bicyclic) bond motifs is 1. The van der Waals surface area contributed by atoms with Gasteiger partial charge in [-0.15, -0.1) is 0 Å². The van der Waals surface area contributed by atoms with Crippen molar-refractivity contribution in [2.75, 3.05) is 11.9 Å². The highest BCUT2D eigenvalue weighted by Crippen LogP contribution is 2.37. The number of amides is 2. The van der Waals surface area contributed by atoms with Crippen LogP contribution in [0.4, 0.5) is 10.5 Å². The summed E-state index contributed by atoms with van der Waals surface area (Å²) in [6.45, 7) is 9.66. The van der Waals surface area contributed by atoms with E-state index in [1.807, 2.05) is 0 Å². The molecule has 2 amide bonds. The zero-order valence-electron chi connectivity index (χ0n) is 27.5. The topological polar surface area (TPSA) is 94.9 Å². The van der Waals surface area contributed by atoms with Crippen LogP contribution < -0.4 is 10.8 Å². The van der Waals surface area contributed by atoms with Gasteiger partial charge < -0.3 is 28.8 Å². The van der Waals surface area contributed by atoms with E-state index < -0.39 is 66.8 Å². The molecule has 0 spiro atoms. The molecule has 0 atom stereocenters. The molecule has 3 heterocycles. The molecule has 0 radical (unpaired) electrons. The smallest absolute Gasteiger partial charge is 0.444 e. The second-order valence-corrected chi connectivity index (χ2v) is 11.2. The lowest BCUT2D eigenvalue weighted by Crippen LogP contribution is -2.41. The summed E-state index contributed by atoms with van der Waals surface area (Å²) in [5.41, 5.74) is -2.22. The summed E-state index contributed by atoms with van der Waals surface area (Å²) in [5, 5.41) is 2.19. The zero-order valence-corrected chi connectivity index (χ0v) is 22.2. The van der Waals surface area contributed by atoms with E-state index in [1.54, 1.807) is 48.5 Å². The van der Waals surface area contributed by atoms with E-state index in [2.05, 4.69) is 10.3 Å². The zero-order chi connectivity index (χ0) is 31.7. The molecule has 0 aliphatic carbocycles. The summed E-state index contributed by atoms with van der Waals surface area (Å²) < 4.78 is 67.8. The molecule has 1 aromatic carbocycles. The van der Waals surface area contributed by atoms with E-state index in [0.717, 1.165) is 4.57 Å². The number of nitrogens with zero attached hydrogens (tertiary/aromatic N) is 3. The lowest BCUT2D eigenvalue weighted by atomic mass is 9.79. The van der Waals surface area contributed by atoms with Crippen molar-refractivity contribution in [2.24, 2.45) is 6.98 Å². The van der Waals surface area contributed by atoms with Crippen LogP contribution in [0.25, 0.3) is 0 Å². The number of halogens is 1. The third-order valence-corrected chi connectivity index (χ3v) is 6.83. The summed E-state index contributed by atoms with van der Waals surface area (Å²) in [6.07, 6.45) is -0.490. The molecule has 36 heavy (non-hydrogen) atoms. The van der Waals surface area contributed by atoms with E-state index in [9.17, 15) is 9.59 Å². The molecule has 1 aromatic heterocycles. The van der Waals surface area contributed by atoms with E-state index >= 15 is 0 Å². The first-order chi connectivity index (χ1) is 19.1. The van der Waals surface area contributed by atoms with Crippen molar-refractivity contribution in [1.82, 2.24) is 14.5 Å². The highest BCUT2D eigenvalue weighted by Gasteiger charge is 2.52. The van der Waals surface area contributed by atoms with Crippen LogP contribution in [0.15, 0.2) is 18.1 Å². The SMILES string of the molecule is [2H]c1c([2H])c(NC(=O)c2nc3c(n2C([2H])([2H])[2H])CCN(C(=O)OC(C)(C)C)C3)c(Cl)c(B2OC(C)(C)C(C)(C)O2)c1[2H]. The number of anilines is 1. The first kappa shape index (κ1) is 19.5. The minimum Gasteiger partial charge on any atom is -0.444 e. The number of rotatable bonds is 3. The van der Waals surface area contributed by atoms with Crippen molar-refractivity contribution in [3.63, 3.8) is 0 Å². The summed E-state index contributed by atoms with van der Waals surface area (Å²) in [4.78, 5) is 31.9. The van der Waals surface area contributed by atoms with E-state index in [0.29, 0.717) is 0 Å². The normalized spacial score (nSPS) is 21.4. The Labute approximate surface area is 226 Å². The Morgan fingerprint density at radius 2 is 1.92 bits per heavy atom. The molecule has 1 saturated heterocycles. The molecule has 2 aromatic rings. The van der Waals surface area contributed by atoms with E-state index in [4.69, 9.17) is 33.9 Å². The van der Waals surface area contributed by atoms with Crippen LogP contribution >= 0.6 is 11.6 Å². The van der Waals surface area contributed by atoms with Crippen LogP contribution in [-0.2, 0) is 34.0 Å². The van der Waals surface area contributed by atoms with Gasteiger partial charge in [0, 0.05) is 35.2 Å². The van der Waals surface area contributed by atoms with Gasteiger partial charge in [0.05, 0.1) is 38.3 Å². The van der Waals surface area contributed by atoms with E-state index in [1.165, 1.54) is 4.90 Å². The Balaban J connectivity index is 1.72. The Kier molecular flexibility index (Phi) is 4.93. The van der Waals surface area contributed by atoms with E-state index in [-0.39, 0.29) is 47.1 Å². The fourth-order valence-electron chi connectivity index (χ4n) is 3.80. The fourth-order valence-corrected chi connectivity index (χ4v) is 4.03. The predicted molar refractivity (Wildman–Crippen MR) is 139 cm³/mol. The van der Waals surface area contributed by atoms with Gasteiger partial charge in [-0.05, 0) is 54.5 Å². The summed E-state index contributed by atoms with van der Waals surface area (Å²) in [7, 11) is -1.16. The number of nitrogens with one attached hydrogen (secondary N) is 1. The Bertz CT molecular complexity index is 1440. The Hall–Kier alpha value is -2.56. The van der Waals surface area contributed by atoms with Crippen molar-refractivity contribution >= 4 is 41.9 Å². The van der Waals surface area contributed by atoms with Gasteiger partial charge in [0.2, 0.25) is 0 Å². The van der Waals surface area contributed by atoms with Gasteiger partial charge in [0.25, 0.3) is 5.91 Å². The minimum absolute atomic E-state index is 0.0434. The van der Waals surface area contributed by atoms with Crippen molar-refractivity contribution < 1.29 is 31.9 Å². The molecule has 0 saturated carbocycles. The molecule has 2 aliphatic heterocycles. The number of hydrogen-bond acceptors (Lipinski definition) is 6. The average molecular weight is 523 g/mol. The molecule has 0 unspecified atom stereocenters. The first-order valence-electron chi connectivity index (χ1n) is 14.6. The van der Waals surface area contributed by atoms with Gasteiger partial charge in [-0.3, -0.25) is 4.79 Å². The molecule has 1 N–H and O–H groups in total. The molecule has 11 heteroatoms. The summed E-state index contributed by atoms with van der Waals surface area (Å²) in [5.74, 6) is -1.49. The maximum atomic E-state index is 13.6. The van der Waals surface area contributed by atoms with Crippen LogP contribution in [0.3, 0.4) is 0 Å². The number of benzene rings is 1. The largest absolute Gasteiger partial charge is 0.496 e. The molecule has 9 nitrogen and oxygen atoms in total. The van der Waals surface area contributed by atoms with Gasteiger partial charge in [-0.2, -0.15) is 0 Å². The van der Waals surface area contributed by atoms with Crippen molar-refractivity contribution in [3.05, 3.63) is 40.4 Å². The Morgan fingerprint density at radius 3 is 2.53 bits per heavy atom. The maximum absolute atomic E-state index is 13.6. The van der Waals surface area contributed by atoms with Crippen LogP contribution in [0, 0.1) is 0 Å². The number of hydrogen-bond donors (Lipinski definition) is 1.